The monoisotopic (exact) mass is 413 g/mol. The number of halogens is 2. The summed E-state index contributed by atoms with van der Waals surface area (Å²) in [4.78, 5) is 23.3. The van der Waals surface area contributed by atoms with Crippen molar-refractivity contribution in [3.63, 3.8) is 0 Å². The molecule has 3 amide bonds. The Morgan fingerprint density at radius 3 is 2.73 bits per heavy atom. The number of benzene rings is 1. The highest BCUT2D eigenvalue weighted by Gasteiger charge is 2.22. The Balaban J connectivity index is 2.30. The second-order valence-electron chi connectivity index (χ2n) is 5.16. The van der Waals surface area contributed by atoms with Crippen molar-refractivity contribution in [2.24, 2.45) is 0 Å². The van der Waals surface area contributed by atoms with Gasteiger partial charge in [-0.15, -0.1) is 16.8 Å². The molecule has 0 bridgehead atoms. The Labute approximate surface area is 165 Å². The Morgan fingerprint density at radius 1 is 1.38 bits per heavy atom. The third-order valence-corrected chi connectivity index (χ3v) is 4.94. The quantitative estimate of drug-likeness (QED) is 0.559. The zero-order chi connectivity index (χ0) is 19.3. The summed E-state index contributed by atoms with van der Waals surface area (Å²) in [5.41, 5.74) is 0.666. The highest BCUT2D eigenvalue weighted by molar-refractivity contribution is 8.00. The molecule has 7 nitrogen and oxygen atoms in total. The van der Waals surface area contributed by atoms with Crippen LogP contribution in [0.3, 0.4) is 0 Å². The van der Waals surface area contributed by atoms with Gasteiger partial charge >= 0.3 is 6.03 Å². The van der Waals surface area contributed by atoms with Crippen LogP contribution in [0.4, 0.5) is 4.79 Å². The van der Waals surface area contributed by atoms with Crippen molar-refractivity contribution in [3.8, 4) is 11.4 Å². The van der Waals surface area contributed by atoms with Gasteiger partial charge in [0.2, 0.25) is 5.91 Å². The second-order valence-corrected chi connectivity index (χ2v) is 7.31. The van der Waals surface area contributed by atoms with E-state index < -0.39 is 17.2 Å². The van der Waals surface area contributed by atoms with E-state index in [1.54, 1.807) is 35.8 Å². The average Bonchev–Trinajstić information content (AvgIpc) is 2.97. The smallest absolute Gasteiger partial charge is 0.321 e. The minimum absolute atomic E-state index is 0.424. The SMILES string of the molecule is C=CCn1c(S[C@H](C)C(=O)NC(=O)NC)nnc1-c1ccc(Cl)cc1Cl. The first-order valence-electron chi connectivity index (χ1n) is 7.56. The van der Waals surface area contributed by atoms with Crippen LogP contribution < -0.4 is 10.6 Å². The number of allylic oxidation sites excluding steroid dienone is 1. The van der Waals surface area contributed by atoms with Gasteiger partial charge in [-0.1, -0.05) is 41.0 Å². The molecule has 0 aliphatic rings. The predicted molar refractivity (Wildman–Crippen MR) is 104 cm³/mol. The molecule has 2 aromatic rings. The summed E-state index contributed by atoms with van der Waals surface area (Å²) in [6, 6.07) is 4.52. The highest BCUT2D eigenvalue weighted by atomic mass is 35.5. The lowest BCUT2D eigenvalue weighted by molar-refractivity contribution is -0.119. The van der Waals surface area contributed by atoms with Gasteiger partial charge in [0.15, 0.2) is 11.0 Å². The first-order chi connectivity index (χ1) is 12.4. The summed E-state index contributed by atoms with van der Waals surface area (Å²) in [5.74, 6) is 0.0987. The lowest BCUT2D eigenvalue weighted by atomic mass is 10.2. The molecular formula is C16H17Cl2N5O2S. The van der Waals surface area contributed by atoms with Crippen molar-refractivity contribution < 1.29 is 9.59 Å². The number of nitrogens with zero attached hydrogens (tertiary/aromatic N) is 3. The molecule has 1 aromatic carbocycles. The first kappa shape index (κ1) is 20.3. The van der Waals surface area contributed by atoms with Gasteiger partial charge in [-0.3, -0.25) is 14.7 Å². The molecule has 1 atom stereocenters. The Hall–Kier alpha value is -2.03. The average molecular weight is 414 g/mol. The van der Waals surface area contributed by atoms with Crippen LogP contribution in [0, 0.1) is 0 Å². The van der Waals surface area contributed by atoms with Gasteiger partial charge in [-0.2, -0.15) is 0 Å². The number of urea groups is 1. The maximum Gasteiger partial charge on any atom is 0.321 e. The minimum Gasteiger partial charge on any atom is -0.341 e. The topological polar surface area (TPSA) is 88.9 Å². The normalized spacial score (nSPS) is 11.7. The molecule has 2 rings (SSSR count). The molecule has 10 heteroatoms. The van der Waals surface area contributed by atoms with E-state index in [1.807, 2.05) is 0 Å². The molecule has 0 saturated carbocycles. The zero-order valence-electron chi connectivity index (χ0n) is 14.1. The van der Waals surface area contributed by atoms with Crippen LogP contribution in [0.25, 0.3) is 11.4 Å². The van der Waals surface area contributed by atoms with Crippen LogP contribution in [-0.4, -0.2) is 39.0 Å². The van der Waals surface area contributed by atoms with Gasteiger partial charge in [-0.25, -0.2) is 4.79 Å². The number of nitrogens with one attached hydrogen (secondary N) is 2. The van der Waals surface area contributed by atoms with Crippen LogP contribution in [0.5, 0.6) is 0 Å². The van der Waals surface area contributed by atoms with Crippen LogP contribution in [0.2, 0.25) is 10.0 Å². The largest absolute Gasteiger partial charge is 0.341 e. The summed E-state index contributed by atoms with van der Waals surface area (Å²) in [6.07, 6.45) is 1.69. The summed E-state index contributed by atoms with van der Waals surface area (Å²) < 4.78 is 1.79. The van der Waals surface area contributed by atoms with E-state index in [0.29, 0.717) is 33.1 Å². The number of aromatic nitrogens is 3. The van der Waals surface area contributed by atoms with Crippen molar-refractivity contribution in [2.45, 2.75) is 23.9 Å². The Bertz CT molecular complexity index is 840. The molecule has 0 fully saturated rings. The summed E-state index contributed by atoms with van der Waals surface area (Å²) >= 11 is 13.4. The molecule has 0 radical (unpaired) electrons. The molecule has 1 aromatic heterocycles. The first-order valence-corrected chi connectivity index (χ1v) is 9.19. The van der Waals surface area contributed by atoms with Crippen molar-refractivity contribution in [1.82, 2.24) is 25.4 Å². The number of carbonyl (C=O) groups excluding carboxylic acids is 2. The van der Waals surface area contributed by atoms with Crippen LogP contribution >= 0.6 is 35.0 Å². The molecule has 0 aliphatic carbocycles. The number of thioether (sulfide) groups is 1. The molecule has 26 heavy (non-hydrogen) atoms. The maximum atomic E-state index is 12.0. The van der Waals surface area contributed by atoms with Gasteiger partial charge < -0.3 is 5.32 Å². The lowest BCUT2D eigenvalue weighted by Gasteiger charge is -2.12. The number of hydrogen-bond acceptors (Lipinski definition) is 5. The van der Waals surface area contributed by atoms with Gasteiger partial charge in [0, 0.05) is 24.2 Å². The summed E-state index contributed by atoms with van der Waals surface area (Å²) in [5, 5.41) is 13.8. The van der Waals surface area contributed by atoms with Gasteiger partial charge in [0.1, 0.15) is 0 Å². The standard InChI is InChI=1S/C16H17Cl2N5O2S/c1-4-7-23-13(11-6-5-10(17)8-12(11)18)21-22-16(23)26-9(2)14(24)20-15(25)19-3/h4-6,8-9H,1,7H2,2-3H3,(H2,19,20,24,25)/t9-/m1/s1. The van der Waals surface area contributed by atoms with E-state index >= 15 is 0 Å². The second kappa shape index (κ2) is 9.07. The van der Waals surface area contributed by atoms with E-state index in [1.165, 1.54) is 18.8 Å². The van der Waals surface area contributed by atoms with E-state index in [4.69, 9.17) is 23.2 Å². The van der Waals surface area contributed by atoms with E-state index in [2.05, 4.69) is 27.4 Å². The van der Waals surface area contributed by atoms with E-state index in [0.717, 1.165) is 0 Å². The number of rotatable bonds is 6. The fraction of sp³-hybridized carbons (Fsp3) is 0.250. The third kappa shape index (κ3) is 4.78. The fourth-order valence-electron chi connectivity index (χ4n) is 2.03. The molecule has 0 spiro atoms. The molecule has 1 heterocycles. The van der Waals surface area contributed by atoms with Gasteiger partial charge in [-0.05, 0) is 25.1 Å². The highest BCUT2D eigenvalue weighted by Crippen LogP contribution is 2.32. The van der Waals surface area contributed by atoms with Crippen molar-refractivity contribution in [3.05, 3.63) is 40.9 Å². The zero-order valence-corrected chi connectivity index (χ0v) is 16.5. The van der Waals surface area contributed by atoms with Crippen molar-refractivity contribution in [1.29, 1.82) is 0 Å². The Kier molecular flexibility index (Phi) is 7.07. The summed E-state index contributed by atoms with van der Waals surface area (Å²) in [6.45, 7) is 5.84. The van der Waals surface area contributed by atoms with Gasteiger partial charge in [0.25, 0.3) is 0 Å². The number of amides is 3. The van der Waals surface area contributed by atoms with Crippen LogP contribution in [0.1, 0.15) is 6.92 Å². The number of hydrogen-bond donors (Lipinski definition) is 2. The van der Waals surface area contributed by atoms with Crippen LogP contribution in [-0.2, 0) is 11.3 Å². The number of imide groups is 1. The molecule has 0 unspecified atom stereocenters. The maximum absolute atomic E-state index is 12.0. The minimum atomic E-state index is -0.566. The Morgan fingerprint density at radius 2 is 2.12 bits per heavy atom. The molecular weight excluding hydrogens is 397 g/mol. The van der Waals surface area contributed by atoms with Crippen molar-refractivity contribution >= 4 is 46.9 Å². The summed E-state index contributed by atoms with van der Waals surface area (Å²) in [7, 11) is 1.43. The molecule has 0 aliphatic heterocycles. The number of carbonyl (C=O) groups is 2. The molecule has 2 N–H and O–H groups in total. The van der Waals surface area contributed by atoms with E-state index in [-0.39, 0.29) is 0 Å². The van der Waals surface area contributed by atoms with Gasteiger partial charge in [0.05, 0.1) is 10.3 Å². The van der Waals surface area contributed by atoms with Crippen molar-refractivity contribution in [2.75, 3.05) is 7.05 Å². The lowest BCUT2D eigenvalue weighted by Crippen LogP contribution is -2.41. The fourth-order valence-corrected chi connectivity index (χ4v) is 3.38. The molecule has 138 valence electrons. The van der Waals surface area contributed by atoms with E-state index in [9.17, 15) is 9.59 Å². The molecule has 0 saturated heterocycles. The van der Waals surface area contributed by atoms with Crippen LogP contribution in [0.15, 0.2) is 36.0 Å². The third-order valence-electron chi connectivity index (χ3n) is 3.32. The predicted octanol–water partition coefficient (Wildman–Crippen LogP) is 3.37.